The highest BCUT2D eigenvalue weighted by Crippen LogP contribution is 2.16. The van der Waals surface area contributed by atoms with E-state index in [0.717, 1.165) is 4.31 Å². The molecule has 0 fully saturated rings. The fourth-order valence-corrected chi connectivity index (χ4v) is 2.94. The fourth-order valence-electron chi connectivity index (χ4n) is 1.59. The summed E-state index contributed by atoms with van der Waals surface area (Å²) in [6, 6.07) is 6.08. The zero-order valence-corrected chi connectivity index (χ0v) is 13.5. The smallest absolute Gasteiger partial charge is 0.307 e. The number of thiocarbonyl (C=S) groups is 1. The number of hydrogen-bond acceptors (Lipinski definition) is 5. The quantitative estimate of drug-likeness (QED) is 0.590. The van der Waals surface area contributed by atoms with Gasteiger partial charge in [-0.2, -0.15) is 0 Å². The van der Waals surface area contributed by atoms with Crippen LogP contribution in [0.15, 0.2) is 29.2 Å². The van der Waals surface area contributed by atoms with Crippen LogP contribution in [0.5, 0.6) is 0 Å². The molecule has 0 atom stereocenters. The molecule has 0 saturated carbocycles. The Balaban J connectivity index is 2.87. The highest BCUT2D eigenvalue weighted by Gasteiger charge is 2.22. The molecule has 6 nitrogen and oxygen atoms in total. The van der Waals surface area contributed by atoms with Gasteiger partial charge in [0.05, 0.1) is 17.9 Å². The van der Waals surface area contributed by atoms with Gasteiger partial charge in [0.15, 0.2) is 0 Å². The molecule has 1 rings (SSSR count). The lowest BCUT2D eigenvalue weighted by atomic mass is 10.2. The molecule has 0 aliphatic rings. The lowest BCUT2D eigenvalue weighted by molar-refractivity contribution is -0.143. The number of hydrogen-bond donors (Lipinski definition) is 1. The van der Waals surface area contributed by atoms with Crippen LogP contribution in [0.4, 0.5) is 0 Å². The zero-order chi connectivity index (χ0) is 16.0. The van der Waals surface area contributed by atoms with Crippen LogP contribution in [0, 0.1) is 0 Å². The van der Waals surface area contributed by atoms with Crippen molar-refractivity contribution in [3.05, 3.63) is 29.8 Å². The van der Waals surface area contributed by atoms with E-state index in [1.54, 1.807) is 19.1 Å². The Kier molecular flexibility index (Phi) is 6.25. The first-order valence-corrected chi connectivity index (χ1v) is 8.15. The highest BCUT2D eigenvalue weighted by atomic mass is 32.2. The van der Waals surface area contributed by atoms with E-state index >= 15 is 0 Å². The third-order valence-corrected chi connectivity index (χ3v) is 4.85. The number of ether oxygens (including phenoxy) is 1. The third kappa shape index (κ3) is 4.76. The maximum absolute atomic E-state index is 12.4. The van der Waals surface area contributed by atoms with Crippen molar-refractivity contribution in [2.75, 3.05) is 20.2 Å². The average Bonchev–Trinajstić information content (AvgIpc) is 2.45. The van der Waals surface area contributed by atoms with E-state index < -0.39 is 16.0 Å². The summed E-state index contributed by atoms with van der Waals surface area (Å²) in [7, 11) is -2.29. The van der Waals surface area contributed by atoms with Gasteiger partial charge in [0.1, 0.15) is 4.99 Å². The van der Waals surface area contributed by atoms with Gasteiger partial charge < -0.3 is 10.5 Å². The fraction of sp³-hybridized carbons (Fsp3) is 0.385. The molecular formula is C13H18N2O4S2. The van der Waals surface area contributed by atoms with Gasteiger partial charge in [0.2, 0.25) is 10.0 Å². The summed E-state index contributed by atoms with van der Waals surface area (Å²) >= 11 is 4.83. The number of nitrogens with zero attached hydrogens (tertiary/aromatic N) is 1. The molecule has 0 bridgehead atoms. The van der Waals surface area contributed by atoms with Crippen LogP contribution in [0.3, 0.4) is 0 Å². The summed E-state index contributed by atoms with van der Waals surface area (Å²) in [5.74, 6) is -0.434. The van der Waals surface area contributed by atoms with E-state index in [0.29, 0.717) is 5.56 Å². The predicted molar refractivity (Wildman–Crippen MR) is 83.4 cm³/mol. The van der Waals surface area contributed by atoms with E-state index in [2.05, 4.69) is 0 Å². The zero-order valence-electron chi connectivity index (χ0n) is 11.9. The summed E-state index contributed by atoms with van der Waals surface area (Å²) in [4.78, 5) is 11.5. The molecule has 2 N–H and O–H groups in total. The molecule has 21 heavy (non-hydrogen) atoms. The molecule has 116 valence electrons. The van der Waals surface area contributed by atoms with E-state index in [9.17, 15) is 13.2 Å². The number of esters is 1. The number of benzene rings is 1. The van der Waals surface area contributed by atoms with Gasteiger partial charge >= 0.3 is 5.97 Å². The molecule has 0 spiro atoms. The summed E-state index contributed by atoms with van der Waals surface area (Å²) in [6.07, 6.45) is -0.00143. The topological polar surface area (TPSA) is 89.7 Å². The Morgan fingerprint density at radius 2 is 2.10 bits per heavy atom. The van der Waals surface area contributed by atoms with Crippen LogP contribution < -0.4 is 5.73 Å². The van der Waals surface area contributed by atoms with Crippen LogP contribution in [-0.4, -0.2) is 43.9 Å². The summed E-state index contributed by atoms with van der Waals surface area (Å²) < 4.78 is 30.6. The highest BCUT2D eigenvalue weighted by molar-refractivity contribution is 7.89. The van der Waals surface area contributed by atoms with E-state index in [4.69, 9.17) is 22.7 Å². The van der Waals surface area contributed by atoms with E-state index in [1.165, 1.54) is 19.2 Å². The summed E-state index contributed by atoms with van der Waals surface area (Å²) in [5.41, 5.74) is 5.97. The minimum absolute atomic E-state index is 0.00143. The molecule has 0 saturated heterocycles. The van der Waals surface area contributed by atoms with Crippen LogP contribution in [0.2, 0.25) is 0 Å². The third-order valence-electron chi connectivity index (χ3n) is 2.76. The summed E-state index contributed by atoms with van der Waals surface area (Å²) in [5, 5.41) is 0. The van der Waals surface area contributed by atoms with Gasteiger partial charge in [-0.3, -0.25) is 4.79 Å². The SMILES string of the molecule is CCOC(=O)CCN(C)S(=O)(=O)c1cccc(C(N)=S)c1. The Hall–Kier alpha value is -1.51. The lowest BCUT2D eigenvalue weighted by Gasteiger charge is -2.17. The molecule has 1 aromatic rings. The number of nitrogens with two attached hydrogens (primary N) is 1. The first kappa shape index (κ1) is 17.5. The Morgan fingerprint density at radius 3 is 2.67 bits per heavy atom. The van der Waals surface area contributed by atoms with Gasteiger partial charge in [0, 0.05) is 19.2 Å². The molecule has 0 aliphatic carbocycles. The van der Waals surface area contributed by atoms with E-state index in [-0.39, 0.29) is 29.5 Å². The maximum atomic E-state index is 12.4. The normalized spacial score (nSPS) is 11.4. The molecule has 1 aromatic carbocycles. The molecule has 0 aliphatic heterocycles. The maximum Gasteiger partial charge on any atom is 0.307 e. The van der Waals surface area contributed by atoms with Crippen LogP contribution in [0.1, 0.15) is 18.9 Å². The Labute approximate surface area is 129 Å². The minimum atomic E-state index is -3.70. The molecule has 0 aromatic heterocycles. The van der Waals surface area contributed by atoms with Crippen molar-refractivity contribution in [3.8, 4) is 0 Å². The van der Waals surface area contributed by atoms with Crippen molar-refractivity contribution in [3.63, 3.8) is 0 Å². The van der Waals surface area contributed by atoms with Crippen molar-refractivity contribution in [1.82, 2.24) is 4.31 Å². The number of carbonyl (C=O) groups is 1. The van der Waals surface area contributed by atoms with Crippen molar-refractivity contribution in [2.45, 2.75) is 18.2 Å². The molecule has 0 radical (unpaired) electrons. The molecular weight excluding hydrogens is 312 g/mol. The number of carbonyl (C=O) groups excluding carboxylic acids is 1. The van der Waals surface area contributed by atoms with Gasteiger partial charge in [0.25, 0.3) is 0 Å². The molecule has 0 unspecified atom stereocenters. The largest absolute Gasteiger partial charge is 0.466 e. The Morgan fingerprint density at radius 1 is 1.43 bits per heavy atom. The van der Waals surface area contributed by atoms with Crippen molar-refractivity contribution >= 4 is 33.2 Å². The van der Waals surface area contributed by atoms with Crippen molar-refractivity contribution in [2.24, 2.45) is 5.73 Å². The first-order valence-electron chi connectivity index (χ1n) is 6.31. The average molecular weight is 330 g/mol. The van der Waals surface area contributed by atoms with Gasteiger partial charge in [-0.15, -0.1) is 0 Å². The standard InChI is InChI=1S/C13H18N2O4S2/c1-3-19-12(16)7-8-15(2)21(17,18)11-6-4-5-10(9-11)13(14)20/h4-6,9H,3,7-8H2,1-2H3,(H2,14,20). The van der Waals surface area contributed by atoms with Gasteiger partial charge in [-0.25, -0.2) is 12.7 Å². The number of sulfonamides is 1. The molecule has 8 heteroatoms. The van der Waals surface area contributed by atoms with Gasteiger partial charge in [-0.1, -0.05) is 24.4 Å². The van der Waals surface area contributed by atoms with Crippen molar-refractivity contribution in [1.29, 1.82) is 0 Å². The second-order valence-electron chi connectivity index (χ2n) is 4.27. The van der Waals surface area contributed by atoms with Crippen molar-refractivity contribution < 1.29 is 17.9 Å². The lowest BCUT2D eigenvalue weighted by Crippen LogP contribution is -2.29. The Bertz CT molecular complexity index is 629. The van der Waals surface area contributed by atoms with Crippen LogP contribution in [0.25, 0.3) is 0 Å². The van der Waals surface area contributed by atoms with Crippen LogP contribution >= 0.6 is 12.2 Å². The second-order valence-corrected chi connectivity index (χ2v) is 6.76. The second kappa shape index (κ2) is 7.48. The number of rotatable bonds is 7. The first-order chi connectivity index (χ1) is 9.78. The predicted octanol–water partition coefficient (Wildman–Crippen LogP) is 0.895. The minimum Gasteiger partial charge on any atom is -0.466 e. The van der Waals surface area contributed by atoms with Gasteiger partial charge in [-0.05, 0) is 19.1 Å². The summed E-state index contributed by atoms with van der Waals surface area (Å²) in [6.45, 7) is 2.00. The van der Waals surface area contributed by atoms with Crippen LogP contribution in [-0.2, 0) is 19.6 Å². The van der Waals surface area contributed by atoms with E-state index in [1.807, 2.05) is 0 Å². The molecule has 0 heterocycles. The molecule has 0 amide bonds. The monoisotopic (exact) mass is 330 g/mol.